The molecule has 0 saturated heterocycles. The molecule has 0 aromatic heterocycles. The third kappa shape index (κ3) is 5.19. The lowest BCUT2D eigenvalue weighted by atomic mass is 10.1. The lowest BCUT2D eigenvalue weighted by Gasteiger charge is -2.18. The van der Waals surface area contributed by atoms with E-state index < -0.39 is 33.9 Å². The molecular formula is C14H18ClNO6S. The van der Waals surface area contributed by atoms with Crippen molar-refractivity contribution in [2.24, 2.45) is 5.92 Å². The van der Waals surface area contributed by atoms with Crippen molar-refractivity contribution in [3.8, 4) is 0 Å². The van der Waals surface area contributed by atoms with E-state index in [1.165, 1.54) is 6.07 Å². The number of nitrogens with one attached hydrogen (secondary N) is 1. The van der Waals surface area contributed by atoms with Gasteiger partial charge in [0.05, 0.1) is 17.1 Å². The Bertz CT molecular complexity index is 701. The molecule has 0 aliphatic rings. The van der Waals surface area contributed by atoms with Crippen molar-refractivity contribution < 1.29 is 27.9 Å². The van der Waals surface area contributed by atoms with Crippen molar-refractivity contribution in [3.63, 3.8) is 0 Å². The SMILES string of the molecule is CCOC(=O)c1cc(Cl)cc(S(=O)(=O)N[C@@H](C(=O)O)C(C)C)c1. The van der Waals surface area contributed by atoms with Crippen molar-refractivity contribution >= 4 is 33.6 Å². The third-order valence-corrected chi connectivity index (χ3v) is 4.55. The molecule has 0 amide bonds. The summed E-state index contributed by atoms with van der Waals surface area (Å²) in [6.07, 6.45) is 0. The maximum Gasteiger partial charge on any atom is 0.338 e. The summed E-state index contributed by atoms with van der Waals surface area (Å²) < 4.78 is 31.6. The number of sulfonamides is 1. The first-order chi connectivity index (χ1) is 10.6. The van der Waals surface area contributed by atoms with E-state index in [0.717, 1.165) is 12.1 Å². The van der Waals surface area contributed by atoms with Crippen LogP contribution >= 0.6 is 11.6 Å². The van der Waals surface area contributed by atoms with Crippen LogP contribution in [0.2, 0.25) is 5.02 Å². The van der Waals surface area contributed by atoms with E-state index in [2.05, 4.69) is 4.72 Å². The first kappa shape index (κ1) is 19.4. The van der Waals surface area contributed by atoms with Gasteiger partial charge in [0.15, 0.2) is 0 Å². The Labute approximate surface area is 139 Å². The molecule has 23 heavy (non-hydrogen) atoms. The smallest absolute Gasteiger partial charge is 0.338 e. The first-order valence-electron chi connectivity index (χ1n) is 6.81. The van der Waals surface area contributed by atoms with Crippen LogP contribution in [0.3, 0.4) is 0 Å². The molecule has 1 atom stereocenters. The summed E-state index contributed by atoms with van der Waals surface area (Å²) in [4.78, 5) is 22.6. The Morgan fingerprint density at radius 3 is 2.39 bits per heavy atom. The van der Waals surface area contributed by atoms with Gasteiger partial charge in [0.25, 0.3) is 0 Å². The highest BCUT2D eigenvalue weighted by Gasteiger charge is 2.28. The lowest BCUT2D eigenvalue weighted by molar-refractivity contribution is -0.140. The summed E-state index contributed by atoms with van der Waals surface area (Å²) in [6, 6.07) is 2.19. The molecule has 0 aliphatic heterocycles. The maximum absolute atomic E-state index is 12.4. The summed E-state index contributed by atoms with van der Waals surface area (Å²) >= 11 is 5.85. The molecule has 7 nitrogen and oxygen atoms in total. The number of carboxylic acid groups (broad SMARTS) is 1. The fourth-order valence-electron chi connectivity index (χ4n) is 1.76. The average molecular weight is 364 g/mol. The number of carboxylic acids is 1. The lowest BCUT2D eigenvalue weighted by Crippen LogP contribution is -2.44. The number of hydrogen-bond donors (Lipinski definition) is 2. The van der Waals surface area contributed by atoms with Gasteiger partial charge in [-0.2, -0.15) is 4.72 Å². The largest absolute Gasteiger partial charge is 0.480 e. The highest BCUT2D eigenvalue weighted by atomic mass is 35.5. The Kier molecular flexibility index (Phi) is 6.55. The second-order valence-electron chi connectivity index (χ2n) is 5.08. The van der Waals surface area contributed by atoms with Crippen molar-refractivity contribution in [2.75, 3.05) is 6.61 Å². The minimum atomic E-state index is -4.17. The highest BCUT2D eigenvalue weighted by Crippen LogP contribution is 2.20. The molecule has 128 valence electrons. The number of halogens is 1. The highest BCUT2D eigenvalue weighted by molar-refractivity contribution is 7.89. The van der Waals surface area contributed by atoms with Crippen LogP contribution in [0.15, 0.2) is 23.1 Å². The van der Waals surface area contributed by atoms with Gasteiger partial charge in [0, 0.05) is 5.02 Å². The fraction of sp³-hybridized carbons (Fsp3) is 0.429. The minimum absolute atomic E-state index is 0.0207. The number of rotatable bonds is 7. The second kappa shape index (κ2) is 7.76. The number of carbonyl (C=O) groups excluding carboxylic acids is 1. The van der Waals surface area contributed by atoms with Gasteiger partial charge in [0.2, 0.25) is 10.0 Å². The number of hydrogen-bond acceptors (Lipinski definition) is 5. The molecule has 0 aliphatic carbocycles. The number of carbonyl (C=O) groups is 2. The van der Waals surface area contributed by atoms with Crippen LogP contribution < -0.4 is 4.72 Å². The monoisotopic (exact) mass is 363 g/mol. The summed E-state index contributed by atoms with van der Waals surface area (Å²) in [5.41, 5.74) is -0.0313. The zero-order valence-corrected chi connectivity index (χ0v) is 14.4. The van der Waals surface area contributed by atoms with E-state index in [4.69, 9.17) is 21.4 Å². The number of esters is 1. The van der Waals surface area contributed by atoms with Crippen LogP contribution in [0.4, 0.5) is 0 Å². The van der Waals surface area contributed by atoms with Gasteiger partial charge in [-0.25, -0.2) is 13.2 Å². The molecule has 0 bridgehead atoms. The predicted octanol–water partition coefficient (Wildman–Crippen LogP) is 1.90. The van der Waals surface area contributed by atoms with E-state index in [1.54, 1.807) is 20.8 Å². The topological polar surface area (TPSA) is 110 Å². The quantitative estimate of drug-likeness (QED) is 0.716. The average Bonchev–Trinajstić information content (AvgIpc) is 2.43. The molecule has 2 N–H and O–H groups in total. The van der Waals surface area contributed by atoms with Crippen LogP contribution in [0.5, 0.6) is 0 Å². The zero-order valence-electron chi connectivity index (χ0n) is 12.9. The van der Waals surface area contributed by atoms with E-state index in [1.807, 2.05) is 0 Å². The molecule has 0 spiro atoms. The molecule has 0 heterocycles. The molecular weight excluding hydrogens is 346 g/mol. The van der Waals surface area contributed by atoms with Gasteiger partial charge in [-0.05, 0) is 31.0 Å². The van der Waals surface area contributed by atoms with Gasteiger partial charge in [-0.1, -0.05) is 25.4 Å². The van der Waals surface area contributed by atoms with Gasteiger partial charge in [0.1, 0.15) is 6.04 Å². The molecule has 0 fully saturated rings. The van der Waals surface area contributed by atoms with E-state index in [-0.39, 0.29) is 22.1 Å². The van der Waals surface area contributed by atoms with Crippen molar-refractivity contribution in [3.05, 3.63) is 28.8 Å². The Morgan fingerprint density at radius 1 is 1.30 bits per heavy atom. The summed E-state index contributed by atoms with van der Waals surface area (Å²) in [7, 11) is -4.17. The van der Waals surface area contributed by atoms with Crippen LogP contribution in [0, 0.1) is 5.92 Å². The van der Waals surface area contributed by atoms with Crippen molar-refractivity contribution in [1.29, 1.82) is 0 Å². The molecule has 1 rings (SSSR count). The Balaban J connectivity index is 3.23. The van der Waals surface area contributed by atoms with Crippen LogP contribution in [0.1, 0.15) is 31.1 Å². The minimum Gasteiger partial charge on any atom is -0.480 e. The third-order valence-electron chi connectivity index (χ3n) is 2.91. The second-order valence-corrected chi connectivity index (χ2v) is 7.23. The summed E-state index contributed by atoms with van der Waals surface area (Å²) in [5, 5.41) is 9.11. The van der Waals surface area contributed by atoms with Crippen LogP contribution in [0.25, 0.3) is 0 Å². The molecule has 0 saturated carbocycles. The van der Waals surface area contributed by atoms with Crippen LogP contribution in [-0.4, -0.2) is 38.1 Å². The van der Waals surface area contributed by atoms with E-state index >= 15 is 0 Å². The Morgan fingerprint density at radius 2 is 1.91 bits per heavy atom. The normalized spacial score (nSPS) is 12.9. The maximum atomic E-state index is 12.4. The standard InChI is InChI=1S/C14H18ClNO6S/c1-4-22-14(19)9-5-10(15)7-11(6-9)23(20,21)16-12(8(2)3)13(17)18/h5-8,12,16H,4H2,1-3H3,(H,17,18)/t12-/m1/s1. The number of aliphatic carboxylic acids is 1. The predicted molar refractivity (Wildman–Crippen MR) is 84.0 cm³/mol. The van der Waals surface area contributed by atoms with Crippen molar-refractivity contribution in [2.45, 2.75) is 31.7 Å². The van der Waals surface area contributed by atoms with Gasteiger partial charge in [-0.3, -0.25) is 4.79 Å². The summed E-state index contributed by atoms with van der Waals surface area (Å²) in [6.45, 7) is 4.88. The molecule has 0 radical (unpaired) electrons. The molecule has 0 unspecified atom stereocenters. The van der Waals surface area contributed by atoms with E-state index in [0.29, 0.717) is 0 Å². The van der Waals surface area contributed by atoms with E-state index in [9.17, 15) is 18.0 Å². The van der Waals surface area contributed by atoms with Gasteiger partial charge >= 0.3 is 11.9 Å². The fourth-order valence-corrected chi connectivity index (χ4v) is 3.46. The van der Waals surface area contributed by atoms with Gasteiger partial charge in [-0.15, -0.1) is 0 Å². The van der Waals surface area contributed by atoms with Gasteiger partial charge < -0.3 is 9.84 Å². The number of ether oxygens (including phenoxy) is 1. The zero-order chi connectivity index (χ0) is 17.8. The molecule has 1 aromatic carbocycles. The number of benzene rings is 1. The molecule has 1 aromatic rings. The first-order valence-corrected chi connectivity index (χ1v) is 8.67. The Hall–Kier alpha value is -1.64. The summed E-state index contributed by atoms with van der Waals surface area (Å²) in [5.74, 6) is -2.48. The van der Waals surface area contributed by atoms with Crippen LogP contribution in [-0.2, 0) is 19.6 Å². The molecule has 9 heteroatoms. The van der Waals surface area contributed by atoms with Crippen molar-refractivity contribution in [1.82, 2.24) is 4.72 Å².